The normalized spacial score (nSPS) is 18.5. The fraction of sp³-hybridized carbons (Fsp3) is 0.519. The molecule has 0 N–H and O–H groups in total. The molecule has 2 aromatic heterocycles. The summed E-state index contributed by atoms with van der Waals surface area (Å²) >= 11 is 3.50. The van der Waals surface area contributed by atoms with Gasteiger partial charge in [0.2, 0.25) is 0 Å². The van der Waals surface area contributed by atoms with Crippen molar-refractivity contribution in [2.75, 3.05) is 0 Å². The lowest BCUT2D eigenvalue weighted by Crippen LogP contribution is -2.25. The van der Waals surface area contributed by atoms with E-state index in [0.29, 0.717) is 11.4 Å². The molecule has 0 saturated heterocycles. The van der Waals surface area contributed by atoms with Crippen molar-refractivity contribution >= 4 is 33.0 Å². The van der Waals surface area contributed by atoms with Gasteiger partial charge in [-0.1, -0.05) is 54.5 Å². The quantitative estimate of drug-likeness (QED) is 0.355. The maximum Gasteiger partial charge on any atom is 0.282 e. The molecule has 0 aliphatic heterocycles. The molecule has 0 unspecified atom stereocenters. The molecule has 6 heteroatoms. The van der Waals surface area contributed by atoms with Crippen molar-refractivity contribution in [2.45, 2.75) is 90.0 Å². The Bertz CT molecular complexity index is 1240. The number of halogens is 1. The van der Waals surface area contributed by atoms with E-state index >= 15 is 0 Å². The number of rotatable bonds is 4. The molecule has 0 amide bonds. The molecule has 0 spiro atoms. The number of nitrogens with zero attached hydrogens (tertiary/aromatic N) is 4. The second kappa shape index (κ2) is 9.57. The summed E-state index contributed by atoms with van der Waals surface area (Å²) in [5.74, 6) is 1.10. The highest BCUT2D eigenvalue weighted by molar-refractivity contribution is 9.10. The molecule has 2 fully saturated rings. The lowest BCUT2D eigenvalue weighted by Gasteiger charge is -2.26. The van der Waals surface area contributed by atoms with E-state index < -0.39 is 0 Å². The Morgan fingerprint density at radius 3 is 2.42 bits per heavy atom. The van der Waals surface area contributed by atoms with Gasteiger partial charge in [0.15, 0.2) is 0 Å². The van der Waals surface area contributed by atoms with Crippen LogP contribution in [0.25, 0.3) is 10.9 Å². The molecular formula is C27H33BrN4O. The third-order valence-electron chi connectivity index (χ3n) is 7.58. The number of benzene rings is 1. The van der Waals surface area contributed by atoms with Gasteiger partial charge in [-0.05, 0) is 63.8 Å². The van der Waals surface area contributed by atoms with Crippen LogP contribution in [-0.4, -0.2) is 20.4 Å². The number of hydrogen-bond acceptors (Lipinski definition) is 3. The first-order valence-electron chi connectivity index (χ1n) is 12.5. The average Bonchev–Trinajstić information content (AvgIpc) is 3.12. The van der Waals surface area contributed by atoms with Gasteiger partial charge in [-0.15, -0.1) is 0 Å². The molecule has 33 heavy (non-hydrogen) atoms. The summed E-state index contributed by atoms with van der Waals surface area (Å²) < 4.78 is 4.95. The average molecular weight is 509 g/mol. The van der Waals surface area contributed by atoms with Crippen molar-refractivity contribution in [3.05, 3.63) is 61.9 Å². The molecule has 5 nitrogen and oxygen atoms in total. The smallest absolute Gasteiger partial charge is 0.282 e. The van der Waals surface area contributed by atoms with E-state index in [0.717, 1.165) is 34.2 Å². The summed E-state index contributed by atoms with van der Waals surface area (Å²) in [6, 6.07) is 8.54. The van der Waals surface area contributed by atoms with Crippen molar-refractivity contribution in [1.29, 1.82) is 0 Å². The monoisotopic (exact) mass is 508 g/mol. The van der Waals surface area contributed by atoms with E-state index in [2.05, 4.69) is 40.4 Å². The second-order valence-corrected chi connectivity index (χ2v) is 10.7. The van der Waals surface area contributed by atoms with Gasteiger partial charge < -0.3 is 4.57 Å². The predicted octanol–water partition coefficient (Wildman–Crippen LogP) is 7.01. The first kappa shape index (κ1) is 22.6. The van der Waals surface area contributed by atoms with Crippen LogP contribution in [0.2, 0.25) is 0 Å². The van der Waals surface area contributed by atoms with E-state index in [9.17, 15) is 4.79 Å². The molecule has 2 aliphatic carbocycles. The molecule has 1 aromatic carbocycles. The van der Waals surface area contributed by atoms with Crippen LogP contribution in [0.1, 0.15) is 98.9 Å². The number of aromatic nitrogens is 3. The molecule has 0 bridgehead atoms. The zero-order chi connectivity index (χ0) is 22.9. The van der Waals surface area contributed by atoms with Gasteiger partial charge in [0.25, 0.3) is 5.56 Å². The minimum atomic E-state index is -0.0841. The molecule has 0 radical (unpaired) electrons. The molecule has 2 saturated carbocycles. The molecule has 5 rings (SSSR count). The summed E-state index contributed by atoms with van der Waals surface area (Å²) in [5, 5.41) is 5.38. The zero-order valence-electron chi connectivity index (χ0n) is 19.7. The topological polar surface area (TPSA) is 52.2 Å². The lowest BCUT2D eigenvalue weighted by atomic mass is 9.88. The van der Waals surface area contributed by atoms with Gasteiger partial charge in [-0.3, -0.25) is 4.79 Å². The van der Waals surface area contributed by atoms with E-state index in [4.69, 9.17) is 10.1 Å². The van der Waals surface area contributed by atoms with Gasteiger partial charge in [0.1, 0.15) is 5.82 Å². The molecular weight excluding hydrogens is 476 g/mol. The third kappa shape index (κ3) is 4.46. The van der Waals surface area contributed by atoms with Crippen molar-refractivity contribution < 1.29 is 0 Å². The van der Waals surface area contributed by atoms with Crippen LogP contribution in [0.15, 0.2) is 38.6 Å². The Labute approximate surface area is 204 Å². The first-order chi connectivity index (χ1) is 16.0. The fourth-order valence-electron chi connectivity index (χ4n) is 5.86. The Hall–Kier alpha value is -2.21. The maximum absolute atomic E-state index is 13.6. The second-order valence-electron chi connectivity index (χ2n) is 9.82. The highest BCUT2D eigenvalue weighted by atomic mass is 79.9. The highest BCUT2D eigenvalue weighted by Gasteiger charge is 2.23. The van der Waals surface area contributed by atoms with Gasteiger partial charge in [0, 0.05) is 33.4 Å². The Balaban J connectivity index is 1.58. The third-order valence-corrected chi connectivity index (χ3v) is 8.07. The van der Waals surface area contributed by atoms with E-state index in [1.165, 1.54) is 62.8 Å². The van der Waals surface area contributed by atoms with Crippen LogP contribution >= 0.6 is 15.9 Å². The Kier molecular flexibility index (Phi) is 6.55. The SMILES string of the molecule is Cc1cc(C=Nn2c(C3CCCCC3)nc3ccc(Br)cc3c2=O)c(C)n1C1CCCCC1. The van der Waals surface area contributed by atoms with E-state index in [1.54, 1.807) is 4.68 Å². The molecule has 2 aliphatic rings. The molecule has 3 aromatic rings. The summed E-state index contributed by atoms with van der Waals surface area (Å²) in [7, 11) is 0. The molecule has 2 heterocycles. The van der Waals surface area contributed by atoms with Crippen LogP contribution < -0.4 is 5.56 Å². The summed E-state index contributed by atoms with van der Waals surface area (Å²) in [6.45, 7) is 4.37. The standard InChI is InChI=1S/C27H33BrN4O/c1-18-15-21(19(2)31(18)23-11-7-4-8-12-23)17-29-32-26(20-9-5-3-6-10-20)30-25-14-13-22(28)16-24(25)27(32)33/h13-17,20,23H,3-12H2,1-2H3. The summed E-state index contributed by atoms with van der Waals surface area (Å²) in [5.41, 5.74) is 4.28. The van der Waals surface area contributed by atoms with Crippen LogP contribution in [-0.2, 0) is 0 Å². The Morgan fingerprint density at radius 1 is 1.00 bits per heavy atom. The van der Waals surface area contributed by atoms with Crippen LogP contribution in [0, 0.1) is 13.8 Å². The van der Waals surface area contributed by atoms with Gasteiger partial charge >= 0.3 is 0 Å². The van der Waals surface area contributed by atoms with E-state index in [-0.39, 0.29) is 11.5 Å². The first-order valence-corrected chi connectivity index (χ1v) is 13.3. The highest BCUT2D eigenvalue weighted by Crippen LogP contribution is 2.33. The number of fused-ring (bicyclic) bond motifs is 1. The zero-order valence-corrected chi connectivity index (χ0v) is 21.3. The summed E-state index contributed by atoms with van der Waals surface area (Å²) in [6.07, 6.45) is 14.1. The fourth-order valence-corrected chi connectivity index (χ4v) is 6.22. The Morgan fingerprint density at radius 2 is 1.70 bits per heavy atom. The van der Waals surface area contributed by atoms with Crippen molar-refractivity contribution in [3.8, 4) is 0 Å². The van der Waals surface area contributed by atoms with Crippen molar-refractivity contribution in [3.63, 3.8) is 0 Å². The van der Waals surface area contributed by atoms with Gasteiger partial charge in [0.05, 0.1) is 17.1 Å². The van der Waals surface area contributed by atoms with E-state index in [1.807, 2.05) is 24.4 Å². The van der Waals surface area contributed by atoms with Crippen molar-refractivity contribution in [2.24, 2.45) is 5.10 Å². The van der Waals surface area contributed by atoms with Crippen LogP contribution in [0.5, 0.6) is 0 Å². The van der Waals surface area contributed by atoms with Crippen molar-refractivity contribution in [1.82, 2.24) is 14.2 Å². The maximum atomic E-state index is 13.6. The van der Waals surface area contributed by atoms with Crippen LogP contribution in [0.4, 0.5) is 0 Å². The number of aryl methyl sites for hydroxylation is 1. The largest absolute Gasteiger partial charge is 0.345 e. The minimum Gasteiger partial charge on any atom is -0.345 e. The van der Waals surface area contributed by atoms with Crippen LogP contribution in [0.3, 0.4) is 0 Å². The van der Waals surface area contributed by atoms with Gasteiger partial charge in [-0.25, -0.2) is 4.98 Å². The molecule has 174 valence electrons. The lowest BCUT2D eigenvalue weighted by molar-refractivity contribution is 0.346. The minimum absolute atomic E-state index is 0.0841. The number of hydrogen-bond donors (Lipinski definition) is 0. The molecule has 0 atom stereocenters. The predicted molar refractivity (Wildman–Crippen MR) is 139 cm³/mol. The van der Waals surface area contributed by atoms with Gasteiger partial charge in [-0.2, -0.15) is 9.78 Å². The summed E-state index contributed by atoms with van der Waals surface area (Å²) in [4.78, 5) is 18.5.